The zero-order valence-electron chi connectivity index (χ0n) is 9.24. The normalized spacial score (nSPS) is 10.1. The van der Waals surface area contributed by atoms with Gasteiger partial charge in [-0.1, -0.05) is 13.8 Å². The van der Waals surface area contributed by atoms with Crippen LogP contribution < -0.4 is 5.32 Å². The number of aromatic amines is 1. The van der Waals surface area contributed by atoms with Gasteiger partial charge in [0.2, 0.25) is 5.69 Å². The maximum absolute atomic E-state index is 11.6. The quantitative estimate of drug-likeness (QED) is 0.578. The molecule has 0 spiro atoms. The summed E-state index contributed by atoms with van der Waals surface area (Å²) in [6.45, 7) is 4.13. The van der Waals surface area contributed by atoms with Crippen LogP contribution in [0.2, 0.25) is 0 Å². The van der Waals surface area contributed by atoms with Crippen molar-refractivity contribution in [3.05, 3.63) is 21.5 Å². The highest BCUT2D eigenvalue weighted by Gasteiger charge is 2.27. The molecule has 0 saturated heterocycles. The third-order valence-corrected chi connectivity index (χ3v) is 2.10. The van der Waals surface area contributed by atoms with Crippen LogP contribution in [0.5, 0.6) is 0 Å². The summed E-state index contributed by atoms with van der Waals surface area (Å²) < 4.78 is 0. The summed E-state index contributed by atoms with van der Waals surface area (Å²) >= 11 is 0. The molecule has 0 aliphatic rings. The van der Waals surface area contributed by atoms with Gasteiger partial charge in [0.15, 0.2) is 0 Å². The van der Waals surface area contributed by atoms with Crippen molar-refractivity contribution in [2.45, 2.75) is 26.7 Å². The van der Waals surface area contributed by atoms with Crippen LogP contribution in [0.25, 0.3) is 0 Å². The Balaban J connectivity index is 2.99. The lowest BCUT2D eigenvalue weighted by Gasteiger charge is -1.99. The third kappa shape index (κ3) is 2.36. The number of hydrogen-bond acceptors (Lipinski definition) is 4. The second-order valence-electron chi connectivity index (χ2n) is 3.27. The number of amides is 1. The molecule has 0 unspecified atom stereocenters. The van der Waals surface area contributed by atoms with Crippen LogP contribution in [0.4, 0.5) is 5.69 Å². The summed E-state index contributed by atoms with van der Waals surface area (Å²) in [5, 5.41) is 19.6. The van der Waals surface area contributed by atoms with Crippen LogP contribution in [0.1, 0.15) is 36.5 Å². The molecular formula is C9H14N4O3. The second kappa shape index (κ2) is 5.24. The molecule has 7 heteroatoms. The Hall–Kier alpha value is -1.92. The van der Waals surface area contributed by atoms with Crippen molar-refractivity contribution in [3.8, 4) is 0 Å². The average Bonchev–Trinajstić information content (AvgIpc) is 2.69. The molecule has 0 aliphatic carbocycles. The first-order valence-corrected chi connectivity index (χ1v) is 5.11. The lowest BCUT2D eigenvalue weighted by atomic mass is 10.2. The topological polar surface area (TPSA) is 101 Å². The van der Waals surface area contributed by atoms with E-state index >= 15 is 0 Å². The predicted molar refractivity (Wildman–Crippen MR) is 57.2 cm³/mol. The van der Waals surface area contributed by atoms with Crippen molar-refractivity contribution in [1.82, 2.24) is 15.5 Å². The lowest BCUT2D eigenvalue weighted by Crippen LogP contribution is -2.25. The summed E-state index contributed by atoms with van der Waals surface area (Å²) in [5.41, 5.74) is -0.00180. The highest BCUT2D eigenvalue weighted by Crippen LogP contribution is 2.21. The van der Waals surface area contributed by atoms with E-state index in [2.05, 4.69) is 15.5 Å². The fraction of sp³-hybridized carbons (Fsp3) is 0.556. The third-order valence-electron chi connectivity index (χ3n) is 2.10. The Morgan fingerprint density at radius 3 is 2.75 bits per heavy atom. The van der Waals surface area contributed by atoms with Gasteiger partial charge in [-0.15, -0.1) is 0 Å². The van der Waals surface area contributed by atoms with Gasteiger partial charge in [-0.05, 0) is 12.8 Å². The maximum atomic E-state index is 11.6. The molecule has 16 heavy (non-hydrogen) atoms. The Bertz CT molecular complexity index is 399. The standard InChI is InChI=1S/C9H14N4O3/c1-3-5-10-9(14)7-8(13(15)16)6(4-2)11-12-7/h3-5H2,1-2H3,(H,10,14)(H,11,12). The molecule has 0 radical (unpaired) electrons. The lowest BCUT2D eigenvalue weighted by molar-refractivity contribution is -0.385. The summed E-state index contributed by atoms with van der Waals surface area (Å²) in [7, 11) is 0. The number of nitrogens with zero attached hydrogens (tertiary/aromatic N) is 2. The molecule has 1 rings (SSSR count). The van der Waals surface area contributed by atoms with Gasteiger partial charge in [-0.2, -0.15) is 5.10 Å². The molecule has 0 aromatic carbocycles. The molecule has 0 fully saturated rings. The van der Waals surface area contributed by atoms with E-state index in [9.17, 15) is 14.9 Å². The Morgan fingerprint density at radius 2 is 2.25 bits per heavy atom. The van der Waals surface area contributed by atoms with Crippen LogP contribution in [-0.2, 0) is 6.42 Å². The van der Waals surface area contributed by atoms with Crippen LogP contribution in [0, 0.1) is 10.1 Å². The summed E-state index contributed by atoms with van der Waals surface area (Å²) in [4.78, 5) is 21.8. The number of nitro groups is 1. The Kier molecular flexibility index (Phi) is 3.98. The number of hydrogen-bond donors (Lipinski definition) is 2. The summed E-state index contributed by atoms with van der Waals surface area (Å²) in [5.74, 6) is -0.510. The van der Waals surface area contributed by atoms with Crippen LogP contribution in [0.3, 0.4) is 0 Å². The van der Waals surface area contributed by atoms with Crippen molar-refractivity contribution >= 4 is 11.6 Å². The van der Waals surface area contributed by atoms with E-state index in [0.29, 0.717) is 18.7 Å². The van der Waals surface area contributed by atoms with Crippen molar-refractivity contribution in [2.75, 3.05) is 6.54 Å². The van der Waals surface area contributed by atoms with Crippen molar-refractivity contribution in [1.29, 1.82) is 0 Å². The Labute approximate surface area is 92.4 Å². The highest BCUT2D eigenvalue weighted by molar-refractivity contribution is 5.96. The molecule has 88 valence electrons. The summed E-state index contributed by atoms with van der Waals surface area (Å²) in [6.07, 6.45) is 1.20. The van der Waals surface area contributed by atoms with E-state index < -0.39 is 10.8 Å². The molecule has 0 atom stereocenters. The minimum absolute atomic E-state index is 0.143. The largest absolute Gasteiger partial charge is 0.350 e. The van der Waals surface area contributed by atoms with Gasteiger partial charge in [0.1, 0.15) is 5.69 Å². The van der Waals surface area contributed by atoms with Gasteiger partial charge < -0.3 is 5.32 Å². The van der Waals surface area contributed by atoms with Gasteiger partial charge >= 0.3 is 5.69 Å². The zero-order chi connectivity index (χ0) is 12.1. The molecule has 1 heterocycles. The Morgan fingerprint density at radius 1 is 1.56 bits per heavy atom. The number of carbonyl (C=O) groups is 1. The van der Waals surface area contributed by atoms with Crippen molar-refractivity contribution < 1.29 is 9.72 Å². The molecule has 1 amide bonds. The number of aromatic nitrogens is 2. The van der Waals surface area contributed by atoms with Crippen molar-refractivity contribution in [3.63, 3.8) is 0 Å². The number of H-pyrrole nitrogens is 1. The van der Waals surface area contributed by atoms with Gasteiger partial charge in [0.25, 0.3) is 5.91 Å². The summed E-state index contributed by atoms with van der Waals surface area (Å²) in [6, 6.07) is 0. The zero-order valence-corrected chi connectivity index (χ0v) is 9.24. The fourth-order valence-corrected chi connectivity index (χ4v) is 1.30. The monoisotopic (exact) mass is 226 g/mol. The molecule has 0 aliphatic heterocycles. The van der Waals surface area contributed by atoms with Gasteiger partial charge in [-0.25, -0.2) is 0 Å². The van der Waals surface area contributed by atoms with Crippen LogP contribution >= 0.6 is 0 Å². The van der Waals surface area contributed by atoms with Gasteiger partial charge in [0.05, 0.1) is 4.92 Å². The van der Waals surface area contributed by atoms with Crippen molar-refractivity contribution in [2.24, 2.45) is 0 Å². The molecule has 7 nitrogen and oxygen atoms in total. The maximum Gasteiger partial charge on any atom is 0.322 e. The molecular weight excluding hydrogens is 212 g/mol. The minimum Gasteiger partial charge on any atom is -0.350 e. The van der Waals surface area contributed by atoms with Gasteiger partial charge in [0, 0.05) is 6.54 Å². The average molecular weight is 226 g/mol. The fourth-order valence-electron chi connectivity index (χ4n) is 1.30. The number of nitrogens with one attached hydrogen (secondary N) is 2. The SMILES string of the molecule is CCCNC(=O)c1n[nH]c(CC)c1[N+](=O)[O-]. The first kappa shape index (κ1) is 12.2. The molecule has 0 bridgehead atoms. The molecule has 1 aromatic heterocycles. The minimum atomic E-state index is -0.580. The van der Waals surface area contributed by atoms with E-state index in [1.54, 1.807) is 6.92 Å². The van der Waals surface area contributed by atoms with E-state index in [4.69, 9.17) is 0 Å². The van der Waals surface area contributed by atoms with Gasteiger partial charge in [-0.3, -0.25) is 20.0 Å². The number of carbonyl (C=O) groups excluding carboxylic acids is 1. The first-order valence-electron chi connectivity index (χ1n) is 5.11. The van der Waals surface area contributed by atoms with E-state index in [1.807, 2.05) is 6.92 Å². The first-order chi connectivity index (χ1) is 7.61. The number of aryl methyl sites for hydroxylation is 1. The smallest absolute Gasteiger partial charge is 0.322 e. The molecule has 0 saturated carbocycles. The van der Waals surface area contributed by atoms with E-state index in [0.717, 1.165) is 6.42 Å². The molecule has 1 aromatic rings. The highest BCUT2D eigenvalue weighted by atomic mass is 16.6. The van der Waals surface area contributed by atoms with Crippen LogP contribution in [0.15, 0.2) is 0 Å². The second-order valence-corrected chi connectivity index (χ2v) is 3.27. The van der Waals surface area contributed by atoms with Crippen LogP contribution in [-0.4, -0.2) is 27.6 Å². The molecule has 2 N–H and O–H groups in total. The number of rotatable bonds is 5. The van der Waals surface area contributed by atoms with E-state index in [1.165, 1.54) is 0 Å². The van der Waals surface area contributed by atoms with E-state index in [-0.39, 0.29) is 11.4 Å². The predicted octanol–water partition coefficient (Wildman–Crippen LogP) is 1.02.